The first-order chi connectivity index (χ1) is 9.30. The molecule has 6 heteroatoms. The second-order valence-corrected chi connectivity index (χ2v) is 5.23. The van der Waals surface area contributed by atoms with Crippen molar-refractivity contribution in [3.8, 4) is 5.75 Å². The normalized spacial score (nSPS) is 19.1. The molecule has 1 aromatic rings. The van der Waals surface area contributed by atoms with Crippen molar-refractivity contribution in [3.63, 3.8) is 0 Å². The molecule has 0 bridgehead atoms. The number of phenols is 1. The van der Waals surface area contributed by atoms with Crippen molar-refractivity contribution >= 4 is 0 Å². The lowest BCUT2D eigenvalue weighted by atomic mass is 9.98. The number of piperazine rings is 1. The zero-order valence-corrected chi connectivity index (χ0v) is 11.6. The Morgan fingerprint density at radius 2 is 1.65 bits per heavy atom. The smallest absolute Gasteiger partial charge is 0.408 e. The Kier molecular flexibility index (Phi) is 4.25. The van der Waals surface area contributed by atoms with Crippen LogP contribution < -0.4 is 5.32 Å². The highest BCUT2D eigenvalue weighted by Gasteiger charge is 2.45. The number of hydrogen-bond acceptors (Lipinski definition) is 3. The van der Waals surface area contributed by atoms with Gasteiger partial charge >= 0.3 is 6.18 Å². The predicted octanol–water partition coefficient (Wildman–Crippen LogP) is 2.52. The number of hydrogen-bond donors (Lipinski definition) is 2. The average molecular weight is 288 g/mol. The summed E-state index contributed by atoms with van der Waals surface area (Å²) < 4.78 is 40.3. The van der Waals surface area contributed by atoms with Crippen LogP contribution in [0.15, 0.2) is 12.1 Å². The first kappa shape index (κ1) is 15.1. The number of alkyl halides is 3. The molecule has 0 aromatic heterocycles. The number of aryl methyl sites for hydroxylation is 2. The molecule has 1 aliphatic rings. The standard InChI is InChI=1S/C14H19F3N2O/c1-9-7-11(8-10(2)12(9)20)13(14(15,16)17)19-5-3-18-4-6-19/h7-8,13,18,20H,3-6H2,1-2H3/t13-/m1/s1. The molecule has 1 aliphatic heterocycles. The summed E-state index contributed by atoms with van der Waals surface area (Å²) in [5.74, 6) is 0.0648. The fourth-order valence-electron chi connectivity index (χ4n) is 2.69. The summed E-state index contributed by atoms with van der Waals surface area (Å²) in [6.07, 6.45) is -4.33. The van der Waals surface area contributed by atoms with Crippen LogP contribution in [0.4, 0.5) is 13.2 Å². The van der Waals surface area contributed by atoms with Crippen LogP contribution in [-0.2, 0) is 0 Å². The molecule has 1 aromatic carbocycles. The maximum Gasteiger partial charge on any atom is 0.408 e. The highest BCUT2D eigenvalue weighted by atomic mass is 19.4. The summed E-state index contributed by atoms with van der Waals surface area (Å²) in [6.45, 7) is 5.09. The molecule has 112 valence electrons. The van der Waals surface area contributed by atoms with E-state index < -0.39 is 12.2 Å². The SMILES string of the molecule is Cc1cc([C@@H](N2CCNCC2)C(F)(F)F)cc(C)c1O. The van der Waals surface area contributed by atoms with Crippen molar-refractivity contribution in [2.45, 2.75) is 26.1 Å². The van der Waals surface area contributed by atoms with Crippen molar-refractivity contribution in [1.29, 1.82) is 0 Å². The summed E-state index contributed by atoms with van der Waals surface area (Å²) in [4.78, 5) is 1.45. The third-order valence-electron chi connectivity index (χ3n) is 3.66. The van der Waals surface area contributed by atoms with Crippen LogP contribution >= 0.6 is 0 Å². The molecule has 0 saturated carbocycles. The van der Waals surface area contributed by atoms with Gasteiger partial charge in [-0.25, -0.2) is 0 Å². The zero-order chi connectivity index (χ0) is 14.9. The van der Waals surface area contributed by atoms with E-state index in [-0.39, 0.29) is 11.3 Å². The average Bonchev–Trinajstić information content (AvgIpc) is 2.35. The van der Waals surface area contributed by atoms with Crippen molar-refractivity contribution in [1.82, 2.24) is 10.2 Å². The highest BCUT2D eigenvalue weighted by molar-refractivity contribution is 5.43. The third-order valence-corrected chi connectivity index (χ3v) is 3.66. The molecule has 0 amide bonds. The maximum absolute atomic E-state index is 13.4. The number of nitrogens with one attached hydrogen (secondary N) is 1. The molecule has 1 saturated heterocycles. The van der Waals surface area contributed by atoms with E-state index in [1.165, 1.54) is 17.0 Å². The van der Waals surface area contributed by atoms with Crippen LogP contribution in [0.25, 0.3) is 0 Å². The number of aromatic hydroxyl groups is 1. The fourth-order valence-corrected chi connectivity index (χ4v) is 2.69. The van der Waals surface area contributed by atoms with Crippen molar-refractivity contribution in [2.24, 2.45) is 0 Å². The predicted molar refractivity (Wildman–Crippen MR) is 70.8 cm³/mol. The summed E-state index contributed by atoms with van der Waals surface area (Å²) in [6, 6.07) is 1.26. The number of phenolic OH excluding ortho intramolecular Hbond substituents is 1. The molecule has 0 unspecified atom stereocenters. The number of benzene rings is 1. The van der Waals surface area contributed by atoms with Crippen LogP contribution in [0.2, 0.25) is 0 Å². The summed E-state index contributed by atoms with van der Waals surface area (Å²) in [5, 5.41) is 12.8. The lowest BCUT2D eigenvalue weighted by Crippen LogP contribution is -2.49. The second-order valence-electron chi connectivity index (χ2n) is 5.23. The van der Waals surface area contributed by atoms with Gasteiger partial charge in [-0.1, -0.05) is 12.1 Å². The minimum atomic E-state index is -4.33. The Morgan fingerprint density at radius 1 is 1.15 bits per heavy atom. The van der Waals surface area contributed by atoms with Crippen LogP contribution in [-0.4, -0.2) is 42.4 Å². The van der Waals surface area contributed by atoms with Gasteiger partial charge in [0.2, 0.25) is 0 Å². The van der Waals surface area contributed by atoms with E-state index >= 15 is 0 Å². The number of nitrogens with zero attached hydrogens (tertiary/aromatic N) is 1. The fraction of sp³-hybridized carbons (Fsp3) is 0.571. The number of rotatable bonds is 2. The molecule has 0 spiro atoms. The lowest BCUT2D eigenvalue weighted by molar-refractivity contribution is -0.187. The van der Waals surface area contributed by atoms with Crippen molar-refractivity contribution in [3.05, 3.63) is 28.8 Å². The summed E-state index contributed by atoms with van der Waals surface area (Å²) >= 11 is 0. The monoisotopic (exact) mass is 288 g/mol. The molecule has 3 nitrogen and oxygen atoms in total. The summed E-state index contributed by atoms with van der Waals surface area (Å²) in [7, 11) is 0. The van der Waals surface area contributed by atoms with E-state index in [9.17, 15) is 18.3 Å². The van der Waals surface area contributed by atoms with E-state index in [2.05, 4.69) is 5.32 Å². The van der Waals surface area contributed by atoms with E-state index in [0.29, 0.717) is 37.3 Å². The molecule has 2 rings (SSSR count). The van der Waals surface area contributed by atoms with Gasteiger partial charge in [0.25, 0.3) is 0 Å². The second kappa shape index (κ2) is 5.61. The van der Waals surface area contributed by atoms with Crippen LogP contribution in [0.1, 0.15) is 22.7 Å². The lowest BCUT2D eigenvalue weighted by Gasteiger charge is -2.36. The van der Waals surface area contributed by atoms with Gasteiger partial charge in [0.15, 0.2) is 0 Å². The minimum Gasteiger partial charge on any atom is -0.507 e. The molecule has 0 aliphatic carbocycles. The molecule has 2 N–H and O–H groups in total. The minimum absolute atomic E-state index is 0.0648. The number of halogens is 3. The van der Waals surface area contributed by atoms with Gasteiger partial charge in [0.1, 0.15) is 11.8 Å². The van der Waals surface area contributed by atoms with Gasteiger partial charge in [0.05, 0.1) is 0 Å². The Hall–Kier alpha value is -1.27. The zero-order valence-electron chi connectivity index (χ0n) is 11.6. The molecular formula is C14H19F3N2O. The van der Waals surface area contributed by atoms with E-state index in [1.807, 2.05) is 0 Å². The highest BCUT2D eigenvalue weighted by Crippen LogP contribution is 2.39. The molecule has 0 radical (unpaired) electrons. The maximum atomic E-state index is 13.4. The largest absolute Gasteiger partial charge is 0.507 e. The molecular weight excluding hydrogens is 269 g/mol. The Bertz CT molecular complexity index is 459. The van der Waals surface area contributed by atoms with Gasteiger partial charge < -0.3 is 10.4 Å². The quantitative estimate of drug-likeness (QED) is 0.878. The van der Waals surface area contributed by atoms with Gasteiger partial charge in [-0.05, 0) is 30.5 Å². The third kappa shape index (κ3) is 3.07. The van der Waals surface area contributed by atoms with E-state index in [4.69, 9.17) is 0 Å². The van der Waals surface area contributed by atoms with Crippen LogP contribution in [0, 0.1) is 13.8 Å². The van der Waals surface area contributed by atoms with E-state index in [0.717, 1.165) is 0 Å². The van der Waals surface area contributed by atoms with Gasteiger partial charge in [0, 0.05) is 26.2 Å². The Balaban J connectivity index is 2.41. The molecule has 1 atom stereocenters. The van der Waals surface area contributed by atoms with Gasteiger partial charge in [-0.2, -0.15) is 13.2 Å². The topological polar surface area (TPSA) is 35.5 Å². The Morgan fingerprint density at radius 3 is 2.10 bits per heavy atom. The molecule has 20 heavy (non-hydrogen) atoms. The van der Waals surface area contributed by atoms with E-state index in [1.54, 1.807) is 13.8 Å². The summed E-state index contributed by atoms with van der Waals surface area (Å²) in [5.41, 5.74) is 1.15. The first-order valence-electron chi connectivity index (χ1n) is 6.62. The van der Waals surface area contributed by atoms with Gasteiger partial charge in [-0.3, -0.25) is 4.90 Å². The van der Waals surface area contributed by atoms with Crippen molar-refractivity contribution in [2.75, 3.05) is 26.2 Å². The van der Waals surface area contributed by atoms with Gasteiger partial charge in [-0.15, -0.1) is 0 Å². The van der Waals surface area contributed by atoms with Crippen LogP contribution in [0.3, 0.4) is 0 Å². The Labute approximate surface area is 116 Å². The first-order valence-corrected chi connectivity index (χ1v) is 6.62. The molecule has 1 heterocycles. The van der Waals surface area contributed by atoms with Crippen LogP contribution in [0.5, 0.6) is 5.75 Å². The van der Waals surface area contributed by atoms with Crippen molar-refractivity contribution < 1.29 is 18.3 Å². The molecule has 1 fully saturated rings.